The van der Waals surface area contributed by atoms with Gasteiger partial charge in [0.15, 0.2) is 6.10 Å². The Labute approximate surface area is 141 Å². The van der Waals surface area contributed by atoms with Crippen LogP contribution in [0.15, 0.2) is 48.5 Å². The lowest BCUT2D eigenvalue weighted by molar-refractivity contribution is -0.122. The fourth-order valence-electron chi connectivity index (χ4n) is 2.14. The summed E-state index contributed by atoms with van der Waals surface area (Å²) in [5, 5.41) is 2.84. The summed E-state index contributed by atoms with van der Waals surface area (Å²) in [5.74, 6) is 0.434. The molecule has 0 bridgehead atoms. The van der Waals surface area contributed by atoms with Crippen LogP contribution in [0.3, 0.4) is 0 Å². The molecule has 0 saturated heterocycles. The smallest absolute Gasteiger partial charge is 0.265 e. The van der Waals surface area contributed by atoms with E-state index in [0.717, 1.165) is 0 Å². The van der Waals surface area contributed by atoms with Crippen LogP contribution >= 0.6 is 0 Å². The van der Waals surface area contributed by atoms with Gasteiger partial charge in [-0.25, -0.2) is 4.39 Å². The number of halogens is 1. The molecule has 0 radical (unpaired) electrons. The van der Waals surface area contributed by atoms with Crippen molar-refractivity contribution < 1.29 is 18.7 Å². The highest BCUT2D eigenvalue weighted by Crippen LogP contribution is 2.25. The molecular weight excluding hydrogens is 309 g/mol. The van der Waals surface area contributed by atoms with Crippen molar-refractivity contribution >= 4 is 11.6 Å². The number of nitrogens with one attached hydrogen (secondary N) is 1. The summed E-state index contributed by atoms with van der Waals surface area (Å²) in [4.78, 5) is 12.5. The quantitative estimate of drug-likeness (QED) is 0.817. The normalized spacial score (nSPS) is 11.9. The van der Waals surface area contributed by atoms with Gasteiger partial charge in [-0.05, 0) is 56.7 Å². The first-order valence-corrected chi connectivity index (χ1v) is 7.98. The molecule has 24 heavy (non-hydrogen) atoms. The molecule has 0 aliphatic carbocycles. The summed E-state index contributed by atoms with van der Waals surface area (Å²) >= 11 is 0. The number of carbonyl (C=O) groups excluding carboxylic acids is 1. The molecule has 0 fully saturated rings. The van der Waals surface area contributed by atoms with E-state index in [1.165, 1.54) is 24.3 Å². The highest BCUT2D eigenvalue weighted by atomic mass is 19.1. The SMILES string of the molecule is CCC(Oc1ccc(F)cc1)C(=O)Nc1ccccc1OC(C)C. The molecule has 2 aromatic carbocycles. The zero-order valence-electron chi connectivity index (χ0n) is 14.1. The van der Waals surface area contributed by atoms with E-state index < -0.39 is 6.10 Å². The van der Waals surface area contributed by atoms with Crippen LogP contribution in [0.5, 0.6) is 11.5 Å². The Morgan fingerprint density at radius 2 is 1.75 bits per heavy atom. The number of ether oxygens (including phenoxy) is 2. The maximum absolute atomic E-state index is 13.0. The third-order valence-corrected chi connectivity index (χ3v) is 3.26. The Morgan fingerprint density at radius 1 is 1.08 bits per heavy atom. The minimum Gasteiger partial charge on any atom is -0.489 e. The van der Waals surface area contributed by atoms with Crippen LogP contribution in [0.1, 0.15) is 27.2 Å². The molecule has 1 atom stereocenters. The van der Waals surface area contributed by atoms with Crippen molar-refractivity contribution in [3.63, 3.8) is 0 Å². The van der Waals surface area contributed by atoms with E-state index in [9.17, 15) is 9.18 Å². The van der Waals surface area contributed by atoms with E-state index in [1.807, 2.05) is 32.9 Å². The lowest BCUT2D eigenvalue weighted by Gasteiger charge is -2.19. The maximum atomic E-state index is 13.0. The highest BCUT2D eigenvalue weighted by molar-refractivity contribution is 5.95. The molecule has 2 aromatic rings. The minimum atomic E-state index is -0.678. The molecule has 0 spiro atoms. The summed E-state index contributed by atoms with van der Waals surface area (Å²) in [6.07, 6.45) is -0.195. The molecule has 0 aliphatic heterocycles. The average Bonchev–Trinajstić information content (AvgIpc) is 2.55. The van der Waals surface area contributed by atoms with Gasteiger partial charge in [-0.1, -0.05) is 19.1 Å². The third kappa shape index (κ3) is 4.98. The first-order valence-electron chi connectivity index (χ1n) is 7.98. The standard InChI is InChI=1S/C19H22FNO3/c1-4-17(24-15-11-9-14(20)10-12-15)19(22)21-16-7-5-6-8-18(16)23-13(2)3/h5-13,17H,4H2,1-3H3,(H,21,22). The average molecular weight is 331 g/mol. The van der Waals surface area contributed by atoms with Gasteiger partial charge in [0.25, 0.3) is 5.91 Å². The number of anilines is 1. The summed E-state index contributed by atoms with van der Waals surface area (Å²) in [6.45, 7) is 5.69. The van der Waals surface area contributed by atoms with Gasteiger partial charge in [0, 0.05) is 0 Å². The summed E-state index contributed by atoms with van der Waals surface area (Å²) < 4.78 is 24.3. The summed E-state index contributed by atoms with van der Waals surface area (Å²) in [5.41, 5.74) is 0.595. The van der Waals surface area contributed by atoms with Crippen molar-refractivity contribution in [1.29, 1.82) is 0 Å². The molecule has 128 valence electrons. The van der Waals surface area contributed by atoms with Gasteiger partial charge >= 0.3 is 0 Å². The Hall–Kier alpha value is -2.56. The number of hydrogen-bond donors (Lipinski definition) is 1. The Bertz CT molecular complexity index is 671. The molecule has 5 heteroatoms. The largest absolute Gasteiger partial charge is 0.489 e. The summed E-state index contributed by atoms with van der Waals surface area (Å²) in [6, 6.07) is 12.8. The summed E-state index contributed by atoms with van der Waals surface area (Å²) in [7, 11) is 0. The number of carbonyl (C=O) groups is 1. The van der Waals surface area contributed by atoms with Crippen LogP contribution in [-0.4, -0.2) is 18.1 Å². The van der Waals surface area contributed by atoms with E-state index in [2.05, 4.69) is 5.32 Å². The second-order valence-corrected chi connectivity index (χ2v) is 5.62. The molecule has 1 N–H and O–H groups in total. The van der Waals surface area contributed by atoms with Crippen molar-refractivity contribution in [2.45, 2.75) is 39.4 Å². The van der Waals surface area contributed by atoms with Gasteiger partial charge in [0.1, 0.15) is 17.3 Å². The van der Waals surface area contributed by atoms with Gasteiger partial charge in [-0.2, -0.15) is 0 Å². The van der Waals surface area contributed by atoms with Crippen LogP contribution in [0, 0.1) is 5.82 Å². The van der Waals surface area contributed by atoms with Crippen LogP contribution in [0.4, 0.5) is 10.1 Å². The molecule has 4 nitrogen and oxygen atoms in total. The maximum Gasteiger partial charge on any atom is 0.265 e. The fraction of sp³-hybridized carbons (Fsp3) is 0.316. The Morgan fingerprint density at radius 3 is 2.38 bits per heavy atom. The number of amides is 1. The van der Waals surface area contributed by atoms with Gasteiger partial charge in [0.05, 0.1) is 11.8 Å². The van der Waals surface area contributed by atoms with E-state index in [1.54, 1.807) is 12.1 Å². The molecule has 2 rings (SSSR count). The zero-order chi connectivity index (χ0) is 17.5. The molecule has 0 aliphatic rings. The van der Waals surface area contributed by atoms with E-state index in [0.29, 0.717) is 23.6 Å². The molecule has 0 saturated carbocycles. The third-order valence-electron chi connectivity index (χ3n) is 3.26. The zero-order valence-corrected chi connectivity index (χ0v) is 14.1. The van der Waals surface area contributed by atoms with Crippen molar-refractivity contribution in [2.24, 2.45) is 0 Å². The van der Waals surface area contributed by atoms with Crippen LogP contribution in [0.2, 0.25) is 0 Å². The monoisotopic (exact) mass is 331 g/mol. The van der Waals surface area contributed by atoms with Crippen molar-refractivity contribution in [3.05, 3.63) is 54.3 Å². The number of benzene rings is 2. The van der Waals surface area contributed by atoms with Crippen molar-refractivity contribution in [2.75, 3.05) is 5.32 Å². The van der Waals surface area contributed by atoms with Crippen LogP contribution in [0.25, 0.3) is 0 Å². The Kier molecular flexibility index (Phi) is 6.18. The van der Waals surface area contributed by atoms with Crippen LogP contribution in [-0.2, 0) is 4.79 Å². The second kappa shape index (κ2) is 8.34. The molecule has 1 unspecified atom stereocenters. The lowest BCUT2D eigenvalue weighted by Crippen LogP contribution is -2.32. The highest BCUT2D eigenvalue weighted by Gasteiger charge is 2.20. The number of para-hydroxylation sites is 2. The van der Waals surface area contributed by atoms with Crippen LogP contribution < -0.4 is 14.8 Å². The predicted octanol–water partition coefficient (Wildman–Crippen LogP) is 4.41. The lowest BCUT2D eigenvalue weighted by atomic mass is 10.2. The van der Waals surface area contributed by atoms with Gasteiger partial charge in [0.2, 0.25) is 0 Å². The molecular formula is C19H22FNO3. The molecule has 1 amide bonds. The van der Waals surface area contributed by atoms with Gasteiger partial charge in [-0.3, -0.25) is 4.79 Å². The van der Waals surface area contributed by atoms with Gasteiger partial charge in [-0.15, -0.1) is 0 Å². The molecule has 0 heterocycles. The predicted molar refractivity (Wildman–Crippen MR) is 91.9 cm³/mol. The van der Waals surface area contributed by atoms with E-state index in [-0.39, 0.29) is 17.8 Å². The minimum absolute atomic E-state index is 0.000453. The van der Waals surface area contributed by atoms with Crippen molar-refractivity contribution in [3.8, 4) is 11.5 Å². The van der Waals surface area contributed by atoms with E-state index in [4.69, 9.17) is 9.47 Å². The number of hydrogen-bond acceptors (Lipinski definition) is 3. The van der Waals surface area contributed by atoms with E-state index >= 15 is 0 Å². The number of rotatable bonds is 7. The first-order chi connectivity index (χ1) is 11.5. The second-order valence-electron chi connectivity index (χ2n) is 5.62. The first kappa shape index (κ1) is 17.8. The molecule has 0 aromatic heterocycles. The van der Waals surface area contributed by atoms with Crippen molar-refractivity contribution in [1.82, 2.24) is 0 Å². The van der Waals surface area contributed by atoms with Gasteiger partial charge < -0.3 is 14.8 Å². The topological polar surface area (TPSA) is 47.6 Å². The fourth-order valence-corrected chi connectivity index (χ4v) is 2.14. The Balaban J connectivity index is 2.08.